The zero-order valence-electron chi connectivity index (χ0n) is 8.25. The summed E-state index contributed by atoms with van der Waals surface area (Å²) in [5, 5.41) is 0. The molecule has 0 radical (unpaired) electrons. The number of halogens is 3. The molecule has 0 atom stereocenters. The van der Waals surface area contributed by atoms with Crippen LogP contribution in [-0.2, 0) is 0 Å². The Kier molecular flexibility index (Phi) is 3.39. The highest BCUT2D eigenvalue weighted by molar-refractivity contribution is 5.49. The minimum atomic E-state index is -4.14. The Morgan fingerprint density at radius 1 is 1.47 bits per heavy atom. The van der Waals surface area contributed by atoms with Crippen molar-refractivity contribution >= 4 is 11.5 Å². The van der Waals surface area contributed by atoms with Crippen LogP contribution >= 0.6 is 0 Å². The molecule has 15 heavy (non-hydrogen) atoms. The largest absolute Gasteiger partial charge is 0.399 e. The number of alkyl halides is 3. The fraction of sp³-hybridized carbons (Fsp3) is 0.444. The second kappa shape index (κ2) is 4.37. The molecule has 0 aliphatic carbocycles. The summed E-state index contributed by atoms with van der Waals surface area (Å²) in [6.45, 7) is -0.125. The molecule has 3 nitrogen and oxygen atoms in total. The Labute approximate surface area is 85.7 Å². The Morgan fingerprint density at radius 2 is 2.13 bits per heavy atom. The molecular formula is C9H12F3N3. The average Bonchev–Trinajstić information content (AvgIpc) is 2.13. The molecule has 0 bridgehead atoms. The zero-order chi connectivity index (χ0) is 11.5. The molecule has 6 heteroatoms. The fourth-order valence-electron chi connectivity index (χ4n) is 1.05. The van der Waals surface area contributed by atoms with Crippen molar-refractivity contribution in [2.45, 2.75) is 12.6 Å². The van der Waals surface area contributed by atoms with Gasteiger partial charge in [-0.3, -0.25) is 0 Å². The smallest absolute Gasteiger partial charge is 0.390 e. The van der Waals surface area contributed by atoms with Crippen LogP contribution in [0.3, 0.4) is 0 Å². The van der Waals surface area contributed by atoms with Crippen LogP contribution in [0.15, 0.2) is 18.3 Å². The van der Waals surface area contributed by atoms with Crippen molar-refractivity contribution in [3.8, 4) is 0 Å². The normalized spacial score (nSPS) is 11.5. The number of nitrogens with two attached hydrogens (primary N) is 1. The first kappa shape index (κ1) is 11.6. The molecule has 0 saturated carbocycles. The SMILES string of the molecule is CN(CCC(F)(F)F)c1cc(N)ccn1. The number of nitrogen functional groups attached to an aromatic ring is 1. The highest BCUT2D eigenvalue weighted by Crippen LogP contribution is 2.21. The van der Waals surface area contributed by atoms with E-state index in [1.807, 2.05) is 0 Å². The third kappa shape index (κ3) is 4.05. The Morgan fingerprint density at radius 3 is 2.67 bits per heavy atom. The van der Waals surface area contributed by atoms with Gasteiger partial charge in [0.15, 0.2) is 0 Å². The van der Waals surface area contributed by atoms with Crippen molar-refractivity contribution in [1.29, 1.82) is 0 Å². The number of rotatable bonds is 3. The molecule has 0 unspecified atom stereocenters. The van der Waals surface area contributed by atoms with Crippen molar-refractivity contribution in [3.63, 3.8) is 0 Å². The van der Waals surface area contributed by atoms with Crippen LogP contribution < -0.4 is 10.6 Å². The summed E-state index contributed by atoms with van der Waals surface area (Å²) in [5.74, 6) is 0.444. The number of anilines is 2. The summed E-state index contributed by atoms with van der Waals surface area (Å²) in [7, 11) is 1.55. The van der Waals surface area contributed by atoms with E-state index in [0.717, 1.165) is 0 Å². The van der Waals surface area contributed by atoms with Crippen LogP contribution in [0.2, 0.25) is 0 Å². The molecule has 84 valence electrons. The Hall–Kier alpha value is -1.46. The topological polar surface area (TPSA) is 42.1 Å². The molecule has 1 heterocycles. The molecule has 0 aliphatic rings. The molecule has 0 aliphatic heterocycles. The van der Waals surface area contributed by atoms with Gasteiger partial charge in [-0.05, 0) is 6.07 Å². The lowest BCUT2D eigenvalue weighted by molar-refractivity contribution is -0.132. The number of pyridine rings is 1. The fourth-order valence-corrected chi connectivity index (χ4v) is 1.05. The first-order chi connectivity index (χ1) is 6.88. The first-order valence-electron chi connectivity index (χ1n) is 4.38. The number of aromatic nitrogens is 1. The van der Waals surface area contributed by atoms with Crippen LogP contribution in [0.25, 0.3) is 0 Å². The second-order valence-corrected chi connectivity index (χ2v) is 3.23. The van der Waals surface area contributed by atoms with E-state index >= 15 is 0 Å². The van der Waals surface area contributed by atoms with Crippen molar-refractivity contribution in [2.24, 2.45) is 0 Å². The monoisotopic (exact) mass is 219 g/mol. The minimum absolute atomic E-state index is 0.125. The van der Waals surface area contributed by atoms with Gasteiger partial charge in [-0.1, -0.05) is 0 Å². The van der Waals surface area contributed by atoms with Crippen LogP contribution in [0, 0.1) is 0 Å². The number of hydrogen-bond donors (Lipinski definition) is 1. The van der Waals surface area contributed by atoms with Gasteiger partial charge in [-0.25, -0.2) is 4.98 Å². The first-order valence-corrected chi connectivity index (χ1v) is 4.38. The summed E-state index contributed by atoms with van der Waals surface area (Å²) in [6.07, 6.45) is -3.54. The van der Waals surface area contributed by atoms with Crippen LogP contribution in [0.1, 0.15) is 6.42 Å². The third-order valence-electron chi connectivity index (χ3n) is 1.89. The molecule has 2 N–H and O–H groups in total. The Balaban J connectivity index is 2.58. The highest BCUT2D eigenvalue weighted by Gasteiger charge is 2.27. The lowest BCUT2D eigenvalue weighted by Gasteiger charge is -2.19. The van der Waals surface area contributed by atoms with Gasteiger partial charge in [0.2, 0.25) is 0 Å². The third-order valence-corrected chi connectivity index (χ3v) is 1.89. The van der Waals surface area contributed by atoms with Crippen molar-refractivity contribution in [3.05, 3.63) is 18.3 Å². The summed E-state index contributed by atoms with van der Waals surface area (Å²) in [4.78, 5) is 5.34. The van der Waals surface area contributed by atoms with Gasteiger partial charge < -0.3 is 10.6 Å². The lowest BCUT2D eigenvalue weighted by atomic mass is 10.3. The molecule has 0 spiro atoms. The molecule has 0 aromatic carbocycles. The number of nitrogens with zero attached hydrogens (tertiary/aromatic N) is 2. The van der Waals surface area contributed by atoms with Crippen LogP contribution in [0.4, 0.5) is 24.7 Å². The maximum atomic E-state index is 11.9. The van der Waals surface area contributed by atoms with Crippen molar-refractivity contribution in [2.75, 3.05) is 24.2 Å². The van der Waals surface area contributed by atoms with E-state index in [4.69, 9.17) is 5.73 Å². The molecule has 1 rings (SSSR count). The van der Waals surface area contributed by atoms with Crippen molar-refractivity contribution < 1.29 is 13.2 Å². The van der Waals surface area contributed by atoms with Crippen molar-refractivity contribution in [1.82, 2.24) is 4.98 Å². The summed E-state index contributed by atoms with van der Waals surface area (Å²) in [6, 6.07) is 3.12. The van der Waals surface area contributed by atoms with Gasteiger partial charge in [0, 0.05) is 31.5 Å². The molecule has 1 aromatic rings. The molecular weight excluding hydrogens is 207 g/mol. The molecule has 0 saturated heterocycles. The van der Waals surface area contributed by atoms with Gasteiger partial charge in [-0.15, -0.1) is 0 Å². The van der Waals surface area contributed by atoms with E-state index in [2.05, 4.69) is 4.98 Å². The lowest BCUT2D eigenvalue weighted by Crippen LogP contribution is -2.24. The second-order valence-electron chi connectivity index (χ2n) is 3.23. The molecule has 0 amide bonds. The summed E-state index contributed by atoms with van der Waals surface area (Å²) >= 11 is 0. The van der Waals surface area contributed by atoms with E-state index < -0.39 is 12.6 Å². The maximum Gasteiger partial charge on any atom is 0.390 e. The number of hydrogen-bond acceptors (Lipinski definition) is 3. The van der Waals surface area contributed by atoms with E-state index in [-0.39, 0.29) is 6.54 Å². The van der Waals surface area contributed by atoms with Gasteiger partial charge >= 0.3 is 6.18 Å². The van der Waals surface area contributed by atoms with Crippen LogP contribution in [-0.4, -0.2) is 24.8 Å². The Bertz CT molecular complexity index is 325. The van der Waals surface area contributed by atoms with E-state index in [0.29, 0.717) is 11.5 Å². The highest BCUT2D eigenvalue weighted by atomic mass is 19.4. The van der Waals surface area contributed by atoms with Gasteiger partial charge in [0.25, 0.3) is 0 Å². The van der Waals surface area contributed by atoms with Gasteiger partial charge in [0.05, 0.1) is 6.42 Å². The summed E-state index contributed by atoms with van der Waals surface area (Å²) < 4.78 is 35.8. The van der Waals surface area contributed by atoms with E-state index in [9.17, 15) is 13.2 Å². The predicted octanol–water partition coefficient (Wildman–Crippen LogP) is 2.05. The molecule has 1 aromatic heterocycles. The summed E-state index contributed by atoms with van der Waals surface area (Å²) in [5.41, 5.74) is 5.97. The standard InChI is InChI=1S/C9H12F3N3/c1-15(5-3-9(10,11)12)8-6-7(13)2-4-14-8/h2,4,6H,3,5H2,1H3,(H2,13,14). The average molecular weight is 219 g/mol. The quantitative estimate of drug-likeness (QED) is 0.846. The maximum absolute atomic E-state index is 11.9. The zero-order valence-corrected chi connectivity index (χ0v) is 8.25. The van der Waals surface area contributed by atoms with E-state index in [1.165, 1.54) is 17.2 Å². The van der Waals surface area contributed by atoms with E-state index in [1.54, 1.807) is 13.1 Å². The minimum Gasteiger partial charge on any atom is -0.399 e. The van der Waals surface area contributed by atoms with Gasteiger partial charge in [-0.2, -0.15) is 13.2 Å². The van der Waals surface area contributed by atoms with Gasteiger partial charge in [0.1, 0.15) is 5.82 Å². The predicted molar refractivity (Wildman–Crippen MR) is 52.6 cm³/mol. The molecule has 0 fully saturated rings. The van der Waals surface area contributed by atoms with Crippen LogP contribution in [0.5, 0.6) is 0 Å².